The van der Waals surface area contributed by atoms with Crippen molar-refractivity contribution in [2.24, 2.45) is 0 Å². The van der Waals surface area contributed by atoms with Gasteiger partial charge in [-0.05, 0) is 30.3 Å². The highest BCUT2D eigenvalue weighted by molar-refractivity contribution is 6.31. The number of hydrogen-bond donors (Lipinski definition) is 1. The summed E-state index contributed by atoms with van der Waals surface area (Å²) in [5, 5.41) is 2.46. The van der Waals surface area contributed by atoms with E-state index in [-0.39, 0.29) is 16.3 Å². The van der Waals surface area contributed by atoms with Crippen molar-refractivity contribution in [2.45, 2.75) is 6.92 Å². The molecule has 0 aliphatic rings. The second-order valence-electron chi connectivity index (χ2n) is 4.17. The minimum Gasteiger partial charge on any atom is -0.426 e. The molecule has 6 heteroatoms. The van der Waals surface area contributed by atoms with Crippen molar-refractivity contribution in [1.82, 2.24) is 0 Å². The van der Waals surface area contributed by atoms with Crippen LogP contribution in [-0.2, 0) is 4.79 Å². The highest BCUT2D eigenvalue weighted by atomic mass is 35.5. The second kappa shape index (κ2) is 6.37. The van der Waals surface area contributed by atoms with Crippen LogP contribution in [0.15, 0.2) is 42.5 Å². The SMILES string of the molecule is CC(=O)Oc1ccccc1C(=O)Nc1ccc(F)c(Cl)c1. The van der Waals surface area contributed by atoms with E-state index in [1.165, 1.54) is 31.2 Å². The van der Waals surface area contributed by atoms with Crippen LogP contribution in [0.5, 0.6) is 5.75 Å². The zero-order chi connectivity index (χ0) is 15.4. The van der Waals surface area contributed by atoms with Crippen molar-refractivity contribution in [3.8, 4) is 5.75 Å². The van der Waals surface area contributed by atoms with Crippen LogP contribution in [-0.4, -0.2) is 11.9 Å². The smallest absolute Gasteiger partial charge is 0.308 e. The average Bonchev–Trinajstić information content (AvgIpc) is 2.43. The average molecular weight is 308 g/mol. The second-order valence-corrected chi connectivity index (χ2v) is 4.58. The number of carbonyl (C=O) groups excluding carboxylic acids is 2. The summed E-state index contributed by atoms with van der Waals surface area (Å²) in [6, 6.07) is 10.1. The Balaban J connectivity index is 2.24. The molecule has 0 unspecified atom stereocenters. The third-order valence-corrected chi connectivity index (χ3v) is 2.85. The topological polar surface area (TPSA) is 55.4 Å². The Bertz CT molecular complexity index is 703. The van der Waals surface area contributed by atoms with Gasteiger partial charge in [0.2, 0.25) is 0 Å². The number of benzene rings is 2. The van der Waals surface area contributed by atoms with Gasteiger partial charge in [-0.1, -0.05) is 23.7 Å². The summed E-state index contributed by atoms with van der Waals surface area (Å²) in [5.41, 5.74) is 0.525. The molecular weight excluding hydrogens is 297 g/mol. The third kappa shape index (κ3) is 3.79. The Kier molecular flexibility index (Phi) is 4.55. The first-order valence-corrected chi connectivity index (χ1v) is 6.39. The maximum Gasteiger partial charge on any atom is 0.308 e. The Morgan fingerprint density at radius 2 is 1.90 bits per heavy atom. The molecule has 0 aliphatic heterocycles. The molecule has 21 heavy (non-hydrogen) atoms. The summed E-state index contributed by atoms with van der Waals surface area (Å²) in [5.74, 6) is -1.44. The molecule has 0 aromatic heterocycles. The van der Waals surface area contributed by atoms with E-state index in [9.17, 15) is 14.0 Å². The van der Waals surface area contributed by atoms with E-state index in [0.29, 0.717) is 5.69 Å². The van der Waals surface area contributed by atoms with Gasteiger partial charge in [-0.3, -0.25) is 9.59 Å². The molecule has 0 aliphatic carbocycles. The number of carbonyl (C=O) groups is 2. The molecule has 0 atom stereocenters. The number of halogens is 2. The molecule has 0 fully saturated rings. The Morgan fingerprint density at radius 3 is 2.57 bits per heavy atom. The van der Waals surface area contributed by atoms with E-state index in [4.69, 9.17) is 16.3 Å². The highest BCUT2D eigenvalue weighted by Gasteiger charge is 2.14. The summed E-state index contributed by atoms with van der Waals surface area (Å²) < 4.78 is 18.0. The molecule has 2 aromatic carbocycles. The lowest BCUT2D eigenvalue weighted by Gasteiger charge is -2.09. The van der Waals surface area contributed by atoms with E-state index in [1.54, 1.807) is 12.1 Å². The Morgan fingerprint density at radius 1 is 1.19 bits per heavy atom. The molecular formula is C15H11ClFNO3. The minimum atomic E-state index is -0.574. The molecule has 2 aromatic rings. The Hall–Kier alpha value is -2.40. The van der Waals surface area contributed by atoms with Gasteiger partial charge in [0, 0.05) is 12.6 Å². The summed E-state index contributed by atoms with van der Waals surface area (Å²) >= 11 is 5.65. The monoisotopic (exact) mass is 307 g/mol. The van der Waals surface area contributed by atoms with E-state index in [2.05, 4.69) is 5.32 Å². The third-order valence-electron chi connectivity index (χ3n) is 2.56. The summed E-state index contributed by atoms with van der Waals surface area (Å²) in [6.45, 7) is 1.24. The minimum absolute atomic E-state index is 0.0962. The standard InChI is InChI=1S/C15H11ClFNO3/c1-9(19)21-14-5-3-2-4-11(14)15(20)18-10-6-7-13(17)12(16)8-10/h2-8H,1H3,(H,18,20). The Labute approximate surface area is 125 Å². The molecule has 0 saturated heterocycles. The van der Waals surface area contributed by atoms with E-state index < -0.39 is 17.7 Å². The van der Waals surface area contributed by atoms with Gasteiger partial charge in [-0.15, -0.1) is 0 Å². The largest absolute Gasteiger partial charge is 0.426 e. The number of ether oxygens (including phenoxy) is 1. The van der Waals surface area contributed by atoms with Gasteiger partial charge in [-0.2, -0.15) is 0 Å². The van der Waals surface area contributed by atoms with Crippen LogP contribution in [0.3, 0.4) is 0 Å². The number of nitrogens with one attached hydrogen (secondary N) is 1. The van der Waals surface area contributed by atoms with Gasteiger partial charge in [0.25, 0.3) is 5.91 Å². The van der Waals surface area contributed by atoms with Gasteiger partial charge in [0.15, 0.2) is 0 Å². The van der Waals surface area contributed by atoms with E-state index in [0.717, 1.165) is 6.07 Å². The molecule has 0 saturated carbocycles. The molecule has 1 amide bonds. The molecule has 4 nitrogen and oxygen atoms in total. The van der Waals surface area contributed by atoms with Gasteiger partial charge in [0.05, 0.1) is 10.6 Å². The zero-order valence-electron chi connectivity index (χ0n) is 11.0. The van der Waals surface area contributed by atoms with Crippen molar-refractivity contribution in [3.05, 3.63) is 58.9 Å². The number of anilines is 1. The number of para-hydroxylation sites is 1. The predicted octanol–water partition coefficient (Wildman–Crippen LogP) is 3.66. The van der Waals surface area contributed by atoms with Crippen molar-refractivity contribution >= 4 is 29.2 Å². The van der Waals surface area contributed by atoms with Crippen LogP contribution < -0.4 is 10.1 Å². The maximum absolute atomic E-state index is 13.1. The van der Waals surface area contributed by atoms with Crippen molar-refractivity contribution in [3.63, 3.8) is 0 Å². The van der Waals surface area contributed by atoms with Crippen LogP contribution in [0, 0.1) is 5.82 Å². The van der Waals surface area contributed by atoms with Gasteiger partial charge < -0.3 is 10.1 Å². The lowest BCUT2D eigenvalue weighted by molar-refractivity contribution is -0.131. The van der Waals surface area contributed by atoms with Crippen LogP contribution in [0.2, 0.25) is 5.02 Å². The normalized spacial score (nSPS) is 10.0. The fourth-order valence-corrected chi connectivity index (χ4v) is 1.85. The quantitative estimate of drug-likeness (QED) is 0.695. The highest BCUT2D eigenvalue weighted by Crippen LogP contribution is 2.22. The van der Waals surface area contributed by atoms with Crippen molar-refractivity contribution in [1.29, 1.82) is 0 Å². The molecule has 1 N–H and O–H groups in total. The zero-order valence-corrected chi connectivity index (χ0v) is 11.8. The molecule has 108 valence electrons. The fourth-order valence-electron chi connectivity index (χ4n) is 1.67. The first kappa shape index (κ1) is 15.0. The van der Waals surface area contributed by atoms with Crippen molar-refractivity contribution < 1.29 is 18.7 Å². The summed E-state index contributed by atoms with van der Waals surface area (Å²) in [6.07, 6.45) is 0. The molecule has 0 bridgehead atoms. The molecule has 0 spiro atoms. The van der Waals surface area contributed by atoms with Crippen LogP contribution in [0.25, 0.3) is 0 Å². The lowest BCUT2D eigenvalue weighted by Crippen LogP contribution is -2.14. The maximum atomic E-state index is 13.1. The van der Waals surface area contributed by atoms with E-state index >= 15 is 0 Å². The summed E-state index contributed by atoms with van der Waals surface area (Å²) in [7, 11) is 0. The molecule has 2 rings (SSSR count). The molecule has 0 radical (unpaired) electrons. The first-order chi connectivity index (χ1) is 9.97. The number of hydrogen-bond acceptors (Lipinski definition) is 3. The lowest BCUT2D eigenvalue weighted by atomic mass is 10.2. The van der Waals surface area contributed by atoms with Crippen molar-refractivity contribution in [2.75, 3.05) is 5.32 Å². The number of amides is 1. The number of esters is 1. The molecule has 0 heterocycles. The number of rotatable bonds is 3. The van der Waals surface area contributed by atoms with Gasteiger partial charge in [0.1, 0.15) is 11.6 Å². The summed E-state index contributed by atoms with van der Waals surface area (Å²) in [4.78, 5) is 23.2. The fraction of sp³-hybridized carbons (Fsp3) is 0.0667. The van der Waals surface area contributed by atoms with E-state index in [1.807, 2.05) is 0 Å². The predicted molar refractivity (Wildman–Crippen MR) is 77.1 cm³/mol. The van der Waals surface area contributed by atoms with Crippen LogP contribution >= 0.6 is 11.6 Å². The van der Waals surface area contributed by atoms with Gasteiger partial charge in [-0.25, -0.2) is 4.39 Å². The van der Waals surface area contributed by atoms with Crippen LogP contribution in [0.4, 0.5) is 10.1 Å². The van der Waals surface area contributed by atoms with Crippen LogP contribution in [0.1, 0.15) is 17.3 Å². The first-order valence-electron chi connectivity index (χ1n) is 6.01. The van der Waals surface area contributed by atoms with Gasteiger partial charge >= 0.3 is 5.97 Å².